The molecular weight excluding hydrogens is 222 g/mol. The van der Waals surface area contributed by atoms with Crippen molar-refractivity contribution in [3.8, 4) is 0 Å². The van der Waals surface area contributed by atoms with Crippen LogP contribution in [0.3, 0.4) is 0 Å². The van der Waals surface area contributed by atoms with Gasteiger partial charge in [0.2, 0.25) is 0 Å². The van der Waals surface area contributed by atoms with E-state index in [-0.39, 0.29) is 0 Å². The zero-order valence-electron chi connectivity index (χ0n) is 11.6. The molecule has 0 radical (unpaired) electrons. The number of hydrogen-bond acceptors (Lipinski definition) is 3. The Balaban J connectivity index is 1.87. The molecule has 3 heteroatoms. The van der Waals surface area contributed by atoms with Crippen molar-refractivity contribution in [3.63, 3.8) is 0 Å². The largest absolute Gasteiger partial charge is 0.326 e. The monoisotopic (exact) mass is 247 g/mol. The van der Waals surface area contributed by atoms with Crippen LogP contribution >= 0.6 is 0 Å². The van der Waals surface area contributed by atoms with Gasteiger partial charge >= 0.3 is 0 Å². The van der Waals surface area contributed by atoms with Gasteiger partial charge in [-0.15, -0.1) is 0 Å². The maximum atomic E-state index is 5.68. The molecule has 1 aliphatic rings. The Kier molecular flexibility index (Phi) is 4.75. The normalized spacial score (nSPS) is 18.4. The van der Waals surface area contributed by atoms with Crippen molar-refractivity contribution >= 4 is 0 Å². The number of nitrogens with two attached hydrogens (primary N) is 1. The highest BCUT2D eigenvalue weighted by molar-refractivity contribution is 5.23. The quantitative estimate of drug-likeness (QED) is 0.878. The first-order valence-corrected chi connectivity index (χ1v) is 6.85. The van der Waals surface area contributed by atoms with Crippen LogP contribution in [0.2, 0.25) is 0 Å². The Morgan fingerprint density at radius 1 is 1.22 bits per heavy atom. The number of likely N-dealkylation sites (tertiary alicyclic amines) is 1. The molecular formula is C15H25N3. The molecule has 1 fully saturated rings. The van der Waals surface area contributed by atoms with Crippen LogP contribution < -0.4 is 5.73 Å². The molecule has 18 heavy (non-hydrogen) atoms. The first-order valence-electron chi connectivity index (χ1n) is 6.85. The summed E-state index contributed by atoms with van der Waals surface area (Å²) in [4.78, 5) is 4.90. The average Bonchev–Trinajstić information content (AvgIpc) is 2.39. The smallest absolute Gasteiger partial charge is 0.0233 e. The summed E-state index contributed by atoms with van der Waals surface area (Å²) in [6, 6.07) is 9.41. The Morgan fingerprint density at radius 3 is 2.50 bits per heavy atom. The predicted octanol–water partition coefficient (Wildman–Crippen LogP) is 1.67. The van der Waals surface area contributed by atoms with Crippen LogP contribution in [-0.4, -0.2) is 43.0 Å². The SMILES string of the molecule is CN(C)C1CCN(Cc2cccc(CN)c2)CC1. The molecule has 1 saturated heterocycles. The third kappa shape index (κ3) is 3.55. The van der Waals surface area contributed by atoms with E-state index in [9.17, 15) is 0 Å². The van der Waals surface area contributed by atoms with Gasteiger partial charge in [-0.3, -0.25) is 4.90 Å². The second kappa shape index (κ2) is 6.32. The Bertz CT molecular complexity index is 368. The van der Waals surface area contributed by atoms with Gasteiger partial charge in [0.15, 0.2) is 0 Å². The molecule has 3 nitrogen and oxygen atoms in total. The lowest BCUT2D eigenvalue weighted by molar-refractivity contribution is 0.140. The molecule has 2 N–H and O–H groups in total. The minimum atomic E-state index is 0.635. The predicted molar refractivity (Wildman–Crippen MR) is 76.3 cm³/mol. The van der Waals surface area contributed by atoms with Crippen molar-refractivity contribution in [2.24, 2.45) is 5.73 Å². The van der Waals surface area contributed by atoms with Gasteiger partial charge in [0.05, 0.1) is 0 Å². The molecule has 0 atom stereocenters. The van der Waals surface area contributed by atoms with Crippen molar-refractivity contribution in [2.75, 3.05) is 27.2 Å². The molecule has 0 saturated carbocycles. The molecule has 1 aliphatic heterocycles. The number of rotatable bonds is 4. The van der Waals surface area contributed by atoms with E-state index in [1.807, 2.05) is 0 Å². The van der Waals surface area contributed by atoms with Gasteiger partial charge in [0.1, 0.15) is 0 Å². The first-order chi connectivity index (χ1) is 8.69. The van der Waals surface area contributed by atoms with Crippen molar-refractivity contribution in [1.29, 1.82) is 0 Å². The highest BCUT2D eigenvalue weighted by Crippen LogP contribution is 2.17. The van der Waals surface area contributed by atoms with Crippen LogP contribution in [0.1, 0.15) is 24.0 Å². The van der Waals surface area contributed by atoms with Gasteiger partial charge in [-0.1, -0.05) is 24.3 Å². The van der Waals surface area contributed by atoms with Crippen LogP contribution in [-0.2, 0) is 13.1 Å². The molecule has 1 heterocycles. The van der Waals surface area contributed by atoms with Crippen molar-refractivity contribution in [2.45, 2.75) is 32.0 Å². The summed E-state index contributed by atoms with van der Waals surface area (Å²) in [5.41, 5.74) is 8.31. The summed E-state index contributed by atoms with van der Waals surface area (Å²) in [7, 11) is 4.37. The van der Waals surface area contributed by atoms with Crippen LogP contribution in [0.4, 0.5) is 0 Å². The fourth-order valence-corrected chi connectivity index (χ4v) is 2.71. The van der Waals surface area contributed by atoms with Gasteiger partial charge in [0.25, 0.3) is 0 Å². The van der Waals surface area contributed by atoms with Gasteiger partial charge < -0.3 is 10.6 Å². The van der Waals surface area contributed by atoms with Crippen LogP contribution in [0.5, 0.6) is 0 Å². The third-order valence-electron chi connectivity index (χ3n) is 3.92. The fourth-order valence-electron chi connectivity index (χ4n) is 2.71. The number of nitrogens with zero attached hydrogens (tertiary/aromatic N) is 2. The van der Waals surface area contributed by atoms with Crippen LogP contribution in [0.25, 0.3) is 0 Å². The first kappa shape index (κ1) is 13.5. The van der Waals surface area contributed by atoms with Gasteiger partial charge in [-0.2, -0.15) is 0 Å². The summed E-state index contributed by atoms with van der Waals surface area (Å²) in [6.45, 7) is 4.11. The lowest BCUT2D eigenvalue weighted by Crippen LogP contribution is -2.41. The molecule has 1 aromatic carbocycles. The van der Waals surface area contributed by atoms with Crippen LogP contribution in [0, 0.1) is 0 Å². The van der Waals surface area contributed by atoms with Crippen molar-refractivity contribution in [1.82, 2.24) is 9.80 Å². The maximum absolute atomic E-state index is 5.68. The summed E-state index contributed by atoms with van der Waals surface area (Å²) in [5.74, 6) is 0. The summed E-state index contributed by atoms with van der Waals surface area (Å²) < 4.78 is 0. The van der Waals surface area contributed by atoms with Gasteiger partial charge in [-0.25, -0.2) is 0 Å². The molecule has 2 rings (SSSR count). The van der Waals surface area contributed by atoms with E-state index in [1.165, 1.54) is 37.1 Å². The zero-order valence-corrected chi connectivity index (χ0v) is 11.6. The third-order valence-corrected chi connectivity index (χ3v) is 3.92. The second-order valence-electron chi connectivity index (χ2n) is 5.50. The van der Waals surface area contributed by atoms with E-state index in [0.717, 1.165) is 12.6 Å². The fraction of sp³-hybridized carbons (Fsp3) is 0.600. The highest BCUT2D eigenvalue weighted by atomic mass is 15.2. The van der Waals surface area contributed by atoms with Gasteiger partial charge in [-0.05, 0) is 51.2 Å². The van der Waals surface area contributed by atoms with E-state index < -0.39 is 0 Å². The molecule has 100 valence electrons. The summed E-state index contributed by atoms with van der Waals surface area (Å²) >= 11 is 0. The van der Waals surface area contributed by atoms with Gasteiger partial charge in [0, 0.05) is 19.1 Å². The minimum Gasteiger partial charge on any atom is -0.326 e. The topological polar surface area (TPSA) is 32.5 Å². The average molecular weight is 247 g/mol. The zero-order chi connectivity index (χ0) is 13.0. The number of piperidine rings is 1. The highest BCUT2D eigenvalue weighted by Gasteiger charge is 2.20. The molecule has 0 amide bonds. The number of hydrogen-bond donors (Lipinski definition) is 1. The van der Waals surface area contributed by atoms with E-state index in [4.69, 9.17) is 5.73 Å². The van der Waals surface area contributed by atoms with Crippen molar-refractivity contribution < 1.29 is 0 Å². The molecule has 0 aromatic heterocycles. The molecule has 0 spiro atoms. The molecule has 1 aromatic rings. The van der Waals surface area contributed by atoms with E-state index in [0.29, 0.717) is 6.54 Å². The molecule has 0 bridgehead atoms. The van der Waals surface area contributed by atoms with E-state index in [1.54, 1.807) is 0 Å². The van der Waals surface area contributed by atoms with E-state index >= 15 is 0 Å². The van der Waals surface area contributed by atoms with Crippen LogP contribution in [0.15, 0.2) is 24.3 Å². The lowest BCUT2D eigenvalue weighted by Gasteiger charge is -2.35. The summed E-state index contributed by atoms with van der Waals surface area (Å²) in [6.07, 6.45) is 2.56. The van der Waals surface area contributed by atoms with Crippen molar-refractivity contribution in [3.05, 3.63) is 35.4 Å². The minimum absolute atomic E-state index is 0.635. The second-order valence-corrected chi connectivity index (χ2v) is 5.50. The Hall–Kier alpha value is -0.900. The standard InChI is InChI=1S/C15H25N3/c1-17(2)15-6-8-18(9-7-15)12-14-5-3-4-13(10-14)11-16/h3-5,10,15H,6-9,11-12,16H2,1-2H3. The molecule has 0 unspecified atom stereocenters. The Labute approximate surface area is 111 Å². The maximum Gasteiger partial charge on any atom is 0.0233 e. The van der Waals surface area contributed by atoms with E-state index in [2.05, 4.69) is 48.2 Å². The number of benzene rings is 1. The lowest BCUT2D eigenvalue weighted by atomic mass is 10.0. The summed E-state index contributed by atoms with van der Waals surface area (Å²) in [5, 5.41) is 0. The molecule has 0 aliphatic carbocycles. The Morgan fingerprint density at radius 2 is 1.89 bits per heavy atom.